The van der Waals surface area contributed by atoms with E-state index in [1.807, 2.05) is 0 Å². The lowest BCUT2D eigenvalue weighted by molar-refractivity contribution is 0.357. The van der Waals surface area contributed by atoms with Gasteiger partial charge >= 0.3 is 0 Å². The highest BCUT2D eigenvalue weighted by Gasteiger charge is 2.26. The number of rotatable bonds is 8. The summed E-state index contributed by atoms with van der Waals surface area (Å²) in [7, 11) is -3.47. The first-order chi connectivity index (χ1) is 9.23. The van der Waals surface area contributed by atoms with E-state index in [-0.39, 0.29) is 8.68 Å². The summed E-state index contributed by atoms with van der Waals surface area (Å²) >= 11 is 6.77. The number of halogens is 1. The van der Waals surface area contributed by atoms with Crippen LogP contribution in [0.3, 0.4) is 0 Å². The lowest BCUT2D eigenvalue weighted by Gasteiger charge is -2.22. The minimum absolute atomic E-state index is 0.231. The van der Waals surface area contributed by atoms with Crippen molar-refractivity contribution in [1.29, 1.82) is 0 Å². The van der Waals surface area contributed by atoms with Crippen LogP contribution in [-0.2, 0) is 10.0 Å². The Morgan fingerprint density at radius 3 is 2.05 bits per heavy atom. The van der Waals surface area contributed by atoms with Gasteiger partial charge in [0.05, 0.1) is 6.20 Å². The summed E-state index contributed by atoms with van der Waals surface area (Å²) in [6.45, 7) is 9.46. The Bertz CT molecular complexity index is 500. The van der Waals surface area contributed by atoms with Crippen molar-refractivity contribution in [3.63, 3.8) is 0 Å². The Morgan fingerprint density at radius 2 is 1.70 bits per heavy atom. The van der Waals surface area contributed by atoms with Gasteiger partial charge in [-0.1, -0.05) is 50.6 Å². The molecule has 7 heteroatoms. The molecule has 0 atom stereocenters. The predicted molar refractivity (Wildman–Crippen MR) is 84.8 cm³/mol. The van der Waals surface area contributed by atoms with Crippen LogP contribution in [-0.4, -0.2) is 30.8 Å². The molecule has 0 amide bonds. The Morgan fingerprint density at radius 1 is 1.20 bits per heavy atom. The topological polar surface area (TPSA) is 50.3 Å². The monoisotopic (exact) mass is 338 g/mol. The molecule has 20 heavy (non-hydrogen) atoms. The second kappa shape index (κ2) is 7.73. The third-order valence-electron chi connectivity index (χ3n) is 2.96. The van der Waals surface area contributed by atoms with Crippen molar-refractivity contribution in [2.24, 2.45) is 11.8 Å². The molecule has 0 radical (unpaired) electrons. The first-order valence-corrected chi connectivity index (χ1v) is 9.48. The summed E-state index contributed by atoms with van der Waals surface area (Å²) < 4.78 is 27.3. The summed E-state index contributed by atoms with van der Waals surface area (Å²) in [5.74, 6) is 0.939. The van der Waals surface area contributed by atoms with E-state index in [1.165, 1.54) is 6.20 Å². The highest BCUT2D eigenvalue weighted by atomic mass is 35.5. The number of thiazole rings is 1. The molecule has 0 aliphatic rings. The van der Waals surface area contributed by atoms with Gasteiger partial charge in [-0.2, -0.15) is 4.31 Å². The minimum Gasteiger partial charge on any atom is -0.232 e. The van der Waals surface area contributed by atoms with Gasteiger partial charge in [0.1, 0.15) is 0 Å². The molecule has 116 valence electrons. The molecule has 1 aromatic heterocycles. The fourth-order valence-corrected chi connectivity index (χ4v) is 4.56. The van der Waals surface area contributed by atoms with Gasteiger partial charge in [0.2, 0.25) is 0 Å². The number of sulfonamides is 1. The van der Waals surface area contributed by atoms with Gasteiger partial charge in [0.25, 0.3) is 10.0 Å². The molecule has 4 nitrogen and oxygen atoms in total. The van der Waals surface area contributed by atoms with Crippen LogP contribution in [0.1, 0.15) is 40.5 Å². The minimum atomic E-state index is -3.47. The Balaban J connectivity index is 2.89. The first-order valence-electron chi connectivity index (χ1n) is 6.85. The van der Waals surface area contributed by atoms with Gasteiger partial charge in [0, 0.05) is 13.1 Å². The van der Waals surface area contributed by atoms with E-state index in [0.717, 1.165) is 24.2 Å². The van der Waals surface area contributed by atoms with Gasteiger partial charge in [-0.05, 0) is 24.7 Å². The van der Waals surface area contributed by atoms with Crippen LogP contribution in [0.2, 0.25) is 4.47 Å². The summed E-state index contributed by atoms with van der Waals surface area (Å²) in [6, 6.07) is 0. The van der Waals surface area contributed by atoms with Gasteiger partial charge in [-0.15, -0.1) is 0 Å². The van der Waals surface area contributed by atoms with Gasteiger partial charge in [0.15, 0.2) is 8.68 Å². The molecule has 1 heterocycles. The average Bonchev–Trinajstić information content (AvgIpc) is 2.75. The fraction of sp³-hybridized carbons (Fsp3) is 0.769. The lowest BCUT2D eigenvalue weighted by Crippen LogP contribution is -2.33. The molecule has 1 rings (SSSR count). The van der Waals surface area contributed by atoms with Crippen LogP contribution in [0.15, 0.2) is 10.4 Å². The van der Waals surface area contributed by atoms with E-state index in [1.54, 1.807) is 4.31 Å². The van der Waals surface area contributed by atoms with E-state index in [0.29, 0.717) is 24.9 Å². The fourth-order valence-electron chi connectivity index (χ4n) is 1.64. The summed E-state index contributed by atoms with van der Waals surface area (Å²) in [5, 5.41) is 0. The van der Waals surface area contributed by atoms with Crippen molar-refractivity contribution in [2.45, 2.75) is 44.7 Å². The zero-order valence-corrected chi connectivity index (χ0v) is 14.9. The molecule has 0 bridgehead atoms. The summed E-state index contributed by atoms with van der Waals surface area (Å²) in [4.78, 5) is 3.83. The maximum Gasteiger partial charge on any atom is 0.254 e. The van der Waals surface area contributed by atoms with E-state index < -0.39 is 10.0 Å². The van der Waals surface area contributed by atoms with Crippen LogP contribution in [0.4, 0.5) is 0 Å². The molecule has 0 saturated carbocycles. The van der Waals surface area contributed by atoms with Crippen molar-refractivity contribution >= 4 is 33.0 Å². The van der Waals surface area contributed by atoms with Crippen molar-refractivity contribution in [3.8, 4) is 0 Å². The normalized spacial score (nSPS) is 12.8. The molecular weight excluding hydrogens is 316 g/mol. The number of hydrogen-bond donors (Lipinski definition) is 0. The molecule has 0 spiro atoms. The first kappa shape index (κ1) is 17.9. The molecule has 0 saturated heterocycles. The molecule has 0 aliphatic carbocycles. The third-order valence-corrected chi connectivity index (χ3v) is 6.41. The number of aromatic nitrogens is 1. The summed E-state index contributed by atoms with van der Waals surface area (Å²) in [5.41, 5.74) is 0. The van der Waals surface area contributed by atoms with Crippen molar-refractivity contribution in [3.05, 3.63) is 10.7 Å². The van der Waals surface area contributed by atoms with E-state index in [2.05, 4.69) is 32.7 Å². The quantitative estimate of drug-likeness (QED) is 0.722. The molecular formula is C13H23ClN2O2S2. The predicted octanol–water partition coefficient (Wildman–Crippen LogP) is 3.88. The van der Waals surface area contributed by atoms with Crippen LogP contribution in [0, 0.1) is 11.8 Å². The second-order valence-corrected chi connectivity index (χ2v) is 9.48. The average molecular weight is 339 g/mol. The second-order valence-electron chi connectivity index (χ2n) is 5.70. The van der Waals surface area contributed by atoms with Crippen LogP contribution in [0.25, 0.3) is 0 Å². The Kier molecular flexibility index (Phi) is 6.91. The number of nitrogens with zero attached hydrogens (tertiary/aromatic N) is 2. The maximum absolute atomic E-state index is 12.6. The summed E-state index contributed by atoms with van der Waals surface area (Å²) in [6.07, 6.45) is 3.05. The van der Waals surface area contributed by atoms with Gasteiger partial charge < -0.3 is 0 Å². The van der Waals surface area contributed by atoms with Crippen molar-refractivity contribution in [1.82, 2.24) is 9.29 Å². The van der Waals surface area contributed by atoms with Gasteiger partial charge in [-0.3, -0.25) is 0 Å². The standard InChI is InChI=1S/C13H23ClN2O2S2/c1-10(2)5-7-16(8-6-11(3)4)20(17,18)12-9-15-13(14)19-12/h9-11H,5-8H2,1-4H3. The lowest BCUT2D eigenvalue weighted by atomic mass is 10.1. The molecule has 0 aliphatic heterocycles. The highest BCUT2D eigenvalue weighted by Crippen LogP contribution is 2.26. The molecule has 0 unspecified atom stereocenters. The van der Waals surface area contributed by atoms with Crippen LogP contribution in [0.5, 0.6) is 0 Å². The highest BCUT2D eigenvalue weighted by molar-refractivity contribution is 7.91. The molecule has 0 fully saturated rings. The smallest absolute Gasteiger partial charge is 0.232 e. The largest absolute Gasteiger partial charge is 0.254 e. The van der Waals surface area contributed by atoms with E-state index in [4.69, 9.17) is 11.6 Å². The molecule has 0 N–H and O–H groups in total. The Hall–Kier alpha value is -0.170. The Labute approximate surface area is 131 Å². The molecule has 1 aromatic rings. The van der Waals surface area contributed by atoms with E-state index in [9.17, 15) is 8.42 Å². The number of hydrogen-bond acceptors (Lipinski definition) is 4. The zero-order valence-electron chi connectivity index (χ0n) is 12.5. The van der Waals surface area contributed by atoms with Gasteiger partial charge in [-0.25, -0.2) is 13.4 Å². The van der Waals surface area contributed by atoms with E-state index >= 15 is 0 Å². The SMILES string of the molecule is CC(C)CCN(CCC(C)C)S(=O)(=O)c1cnc(Cl)s1. The van der Waals surface area contributed by atoms with Crippen LogP contribution >= 0.6 is 22.9 Å². The van der Waals surface area contributed by atoms with Crippen molar-refractivity contribution in [2.75, 3.05) is 13.1 Å². The van der Waals surface area contributed by atoms with Crippen molar-refractivity contribution < 1.29 is 8.42 Å². The zero-order chi connectivity index (χ0) is 15.3. The maximum atomic E-state index is 12.6. The van der Waals surface area contributed by atoms with Crippen LogP contribution < -0.4 is 0 Å². The molecule has 0 aromatic carbocycles. The third kappa shape index (κ3) is 5.31.